The highest BCUT2D eigenvalue weighted by Crippen LogP contribution is 2.27. The fourth-order valence-electron chi connectivity index (χ4n) is 2.97. The standard InChI is InChI=1S/C18H12Cl2N8O7S2/c19-16-23-17(20)25-18(24-16)22-9-5-6-12(14(7-9)37(33,34)35)28-15(29)11(8-21-28)27-26-10-3-1-2-4-13(10)36(30,31)32/h1-8,21H,(H,30,31,32)(H,33,34,35)(H,22,23,24,25). The maximum absolute atomic E-state index is 12.9. The van der Waals surface area contributed by atoms with Gasteiger partial charge in [0.15, 0.2) is 5.69 Å². The van der Waals surface area contributed by atoms with Crippen LogP contribution in [0.25, 0.3) is 5.69 Å². The van der Waals surface area contributed by atoms with Crippen molar-refractivity contribution in [3.05, 3.63) is 69.6 Å². The molecule has 19 heteroatoms. The van der Waals surface area contributed by atoms with Crippen molar-refractivity contribution in [3.8, 4) is 5.69 Å². The van der Waals surface area contributed by atoms with Crippen molar-refractivity contribution in [1.82, 2.24) is 24.7 Å². The van der Waals surface area contributed by atoms with E-state index < -0.39 is 35.6 Å². The van der Waals surface area contributed by atoms with Crippen molar-refractivity contribution in [1.29, 1.82) is 0 Å². The number of aromatic amines is 1. The molecule has 0 bridgehead atoms. The zero-order chi connectivity index (χ0) is 27.0. The van der Waals surface area contributed by atoms with E-state index in [0.717, 1.165) is 23.0 Å². The molecule has 0 fully saturated rings. The third-order valence-corrected chi connectivity index (χ3v) is 6.60. The van der Waals surface area contributed by atoms with Gasteiger partial charge in [-0.05, 0) is 53.5 Å². The van der Waals surface area contributed by atoms with Gasteiger partial charge in [0, 0.05) is 5.69 Å². The predicted octanol–water partition coefficient (Wildman–Crippen LogP) is 3.31. The molecule has 15 nitrogen and oxygen atoms in total. The molecule has 4 N–H and O–H groups in total. The maximum Gasteiger partial charge on any atom is 0.299 e. The molecule has 192 valence electrons. The van der Waals surface area contributed by atoms with Gasteiger partial charge < -0.3 is 5.32 Å². The summed E-state index contributed by atoms with van der Waals surface area (Å²) in [4.78, 5) is 22.8. The molecule has 0 saturated heterocycles. The van der Waals surface area contributed by atoms with Crippen molar-refractivity contribution in [2.24, 2.45) is 10.2 Å². The number of aromatic nitrogens is 5. The summed E-state index contributed by atoms with van der Waals surface area (Å²) in [6.45, 7) is 0. The van der Waals surface area contributed by atoms with Crippen LogP contribution in [0.15, 0.2) is 73.5 Å². The van der Waals surface area contributed by atoms with Crippen molar-refractivity contribution >= 4 is 66.4 Å². The maximum atomic E-state index is 12.9. The highest BCUT2D eigenvalue weighted by atomic mass is 35.5. The van der Waals surface area contributed by atoms with E-state index in [0.29, 0.717) is 0 Å². The molecule has 0 amide bonds. The first kappa shape index (κ1) is 26.3. The minimum atomic E-state index is -4.87. The predicted molar refractivity (Wildman–Crippen MR) is 130 cm³/mol. The van der Waals surface area contributed by atoms with Gasteiger partial charge in [-0.25, -0.2) is 4.68 Å². The molecule has 0 radical (unpaired) electrons. The molecule has 0 unspecified atom stereocenters. The van der Waals surface area contributed by atoms with Crippen molar-refractivity contribution in [2.75, 3.05) is 5.32 Å². The number of azo groups is 1. The van der Waals surface area contributed by atoms with Crippen LogP contribution in [0, 0.1) is 0 Å². The highest BCUT2D eigenvalue weighted by Gasteiger charge is 2.21. The second-order valence-corrected chi connectivity index (χ2v) is 10.4. The number of nitrogens with one attached hydrogen (secondary N) is 2. The lowest BCUT2D eigenvalue weighted by Crippen LogP contribution is -2.17. The average molecular weight is 587 g/mol. The Morgan fingerprint density at radius 1 is 0.865 bits per heavy atom. The molecule has 37 heavy (non-hydrogen) atoms. The van der Waals surface area contributed by atoms with Crippen LogP contribution in [0.1, 0.15) is 0 Å². The van der Waals surface area contributed by atoms with Crippen LogP contribution in [0.5, 0.6) is 0 Å². The molecule has 0 spiro atoms. The Bertz CT molecular complexity index is 1800. The zero-order valence-electron chi connectivity index (χ0n) is 17.8. The quantitative estimate of drug-likeness (QED) is 0.181. The molecule has 2 heterocycles. The molecule has 0 aliphatic rings. The number of anilines is 2. The number of hydrogen-bond donors (Lipinski definition) is 4. The number of rotatable bonds is 7. The van der Waals surface area contributed by atoms with E-state index in [4.69, 9.17) is 23.2 Å². The molecule has 4 aromatic rings. The van der Waals surface area contributed by atoms with Crippen molar-refractivity contribution in [3.63, 3.8) is 0 Å². The van der Waals surface area contributed by atoms with Gasteiger partial charge in [0.05, 0.1) is 11.9 Å². The first-order valence-corrected chi connectivity index (χ1v) is 13.2. The number of benzene rings is 2. The third kappa shape index (κ3) is 5.98. The molecular weight excluding hydrogens is 575 g/mol. The van der Waals surface area contributed by atoms with Gasteiger partial charge >= 0.3 is 0 Å². The number of hydrogen-bond acceptors (Lipinski definition) is 11. The lowest BCUT2D eigenvalue weighted by molar-refractivity contribution is 0.480. The molecule has 2 aromatic heterocycles. The van der Waals surface area contributed by atoms with Gasteiger partial charge in [0.2, 0.25) is 16.5 Å². The first-order chi connectivity index (χ1) is 17.3. The number of nitrogens with zero attached hydrogens (tertiary/aromatic N) is 6. The zero-order valence-corrected chi connectivity index (χ0v) is 21.0. The summed E-state index contributed by atoms with van der Waals surface area (Å²) in [7, 11) is -9.48. The summed E-state index contributed by atoms with van der Waals surface area (Å²) in [5.74, 6) is -0.121. The molecule has 4 rings (SSSR count). The molecular formula is C18H12Cl2N8O7S2. The van der Waals surface area contributed by atoms with Crippen molar-refractivity contribution < 1.29 is 25.9 Å². The lowest BCUT2D eigenvalue weighted by atomic mass is 10.3. The van der Waals surface area contributed by atoms with E-state index >= 15 is 0 Å². The molecule has 0 saturated carbocycles. The van der Waals surface area contributed by atoms with E-state index in [2.05, 4.69) is 35.6 Å². The summed E-state index contributed by atoms with van der Waals surface area (Å²) < 4.78 is 67.0. The van der Waals surface area contributed by atoms with E-state index in [1.807, 2.05) is 0 Å². The van der Waals surface area contributed by atoms with Crippen LogP contribution in [0.2, 0.25) is 10.6 Å². The highest BCUT2D eigenvalue weighted by molar-refractivity contribution is 7.86. The van der Waals surface area contributed by atoms with Gasteiger partial charge in [0.25, 0.3) is 25.8 Å². The monoisotopic (exact) mass is 586 g/mol. The van der Waals surface area contributed by atoms with Gasteiger partial charge in [-0.1, -0.05) is 12.1 Å². The fourth-order valence-corrected chi connectivity index (χ4v) is 4.66. The summed E-state index contributed by atoms with van der Waals surface area (Å²) in [5, 5.41) is 12.1. The smallest absolute Gasteiger partial charge is 0.299 e. The molecule has 0 aliphatic carbocycles. The molecule has 2 aromatic carbocycles. The van der Waals surface area contributed by atoms with Gasteiger partial charge in [-0.15, -0.1) is 10.2 Å². The molecule has 0 atom stereocenters. The minimum Gasteiger partial charge on any atom is -0.324 e. The van der Waals surface area contributed by atoms with Gasteiger partial charge in [0.1, 0.15) is 15.5 Å². The summed E-state index contributed by atoms with van der Waals surface area (Å²) in [6, 6.07) is 8.64. The van der Waals surface area contributed by atoms with Crippen LogP contribution in [-0.2, 0) is 20.2 Å². The Morgan fingerprint density at radius 3 is 2.14 bits per heavy atom. The second kappa shape index (κ2) is 9.96. The van der Waals surface area contributed by atoms with E-state index in [1.165, 1.54) is 30.3 Å². The number of halogens is 2. The number of H-pyrrole nitrogens is 1. The average Bonchev–Trinajstić information content (AvgIpc) is 3.16. The Balaban J connectivity index is 1.73. The lowest BCUT2D eigenvalue weighted by Gasteiger charge is -2.11. The van der Waals surface area contributed by atoms with Crippen LogP contribution in [0.4, 0.5) is 23.0 Å². The minimum absolute atomic E-state index is 0.0797. The van der Waals surface area contributed by atoms with Crippen LogP contribution < -0.4 is 10.9 Å². The summed E-state index contributed by atoms with van der Waals surface area (Å²) >= 11 is 11.4. The topological polar surface area (TPSA) is 222 Å². The SMILES string of the molecule is O=c1c(N=Nc2ccccc2S(=O)(=O)O)c[nH]n1-c1ccc(Nc2nc(Cl)nc(Cl)n2)cc1S(=O)(=O)O. The Labute approximate surface area is 217 Å². The Kier molecular flexibility index (Phi) is 7.09. The van der Waals surface area contributed by atoms with Crippen molar-refractivity contribution in [2.45, 2.75) is 9.79 Å². The third-order valence-electron chi connectivity index (χ3n) is 4.48. The Morgan fingerprint density at radius 2 is 1.49 bits per heavy atom. The van der Waals surface area contributed by atoms with Crippen LogP contribution >= 0.6 is 23.2 Å². The first-order valence-electron chi connectivity index (χ1n) is 9.57. The largest absolute Gasteiger partial charge is 0.324 e. The fraction of sp³-hybridized carbons (Fsp3) is 0. The molecule has 0 aliphatic heterocycles. The van der Waals surface area contributed by atoms with Gasteiger partial charge in [-0.3, -0.25) is 19.0 Å². The van der Waals surface area contributed by atoms with E-state index in [9.17, 15) is 30.7 Å². The van der Waals surface area contributed by atoms with E-state index in [1.54, 1.807) is 0 Å². The van der Waals surface area contributed by atoms with Crippen LogP contribution in [0.3, 0.4) is 0 Å². The van der Waals surface area contributed by atoms with Crippen LogP contribution in [-0.4, -0.2) is 50.7 Å². The van der Waals surface area contributed by atoms with E-state index in [-0.39, 0.29) is 39.3 Å². The Hall–Kier alpha value is -3.74. The second-order valence-electron chi connectivity index (χ2n) is 6.92. The van der Waals surface area contributed by atoms with Gasteiger partial charge in [-0.2, -0.15) is 31.8 Å². The summed E-state index contributed by atoms with van der Waals surface area (Å²) in [5.41, 5.74) is -1.69. The summed E-state index contributed by atoms with van der Waals surface area (Å²) in [6.07, 6.45) is 1.07. The normalized spacial score (nSPS) is 12.2.